The van der Waals surface area contributed by atoms with Crippen LogP contribution in [0.2, 0.25) is 0 Å². The highest BCUT2D eigenvalue weighted by Gasteiger charge is 2.26. The lowest BCUT2D eigenvalue weighted by Gasteiger charge is -2.36. The van der Waals surface area contributed by atoms with Gasteiger partial charge in [0.15, 0.2) is 5.58 Å². The lowest BCUT2D eigenvalue weighted by Crippen LogP contribution is -2.41. The van der Waals surface area contributed by atoms with E-state index in [1.165, 1.54) is 36.2 Å². The summed E-state index contributed by atoms with van der Waals surface area (Å²) in [6, 6.07) is 13.6. The number of fused-ring (bicyclic) bond motifs is 2. The molecular formula is C27H30FN3O5. The molecule has 2 aromatic carbocycles. The molecule has 8 nitrogen and oxygen atoms in total. The summed E-state index contributed by atoms with van der Waals surface area (Å²) in [5.41, 5.74) is 4.47. The van der Waals surface area contributed by atoms with Crippen molar-refractivity contribution < 1.29 is 28.7 Å². The van der Waals surface area contributed by atoms with Crippen LogP contribution < -0.4 is 4.90 Å². The highest BCUT2D eigenvalue weighted by atomic mass is 19.1. The summed E-state index contributed by atoms with van der Waals surface area (Å²) in [4.78, 5) is 24.2. The number of nitrogens with zero attached hydrogens (tertiary/aromatic N) is 3. The van der Waals surface area contributed by atoms with Crippen LogP contribution in [0.25, 0.3) is 11.0 Å². The van der Waals surface area contributed by atoms with Crippen LogP contribution in [-0.2, 0) is 16.0 Å². The van der Waals surface area contributed by atoms with Crippen molar-refractivity contribution in [1.82, 2.24) is 10.1 Å². The number of para-hydroxylation sites is 1. The first-order valence-electron chi connectivity index (χ1n) is 12.1. The summed E-state index contributed by atoms with van der Waals surface area (Å²) >= 11 is 0. The number of piperidine rings is 1. The van der Waals surface area contributed by atoms with Crippen molar-refractivity contribution in [2.24, 2.45) is 0 Å². The first-order chi connectivity index (χ1) is 17.4. The summed E-state index contributed by atoms with van der Waals surface area (Å²) in [5.74, 6) is -2.39. The fourth-order valence-corrected chi connectivity index (χ4v) is 4.90. The standard InChI is InChI=1S/C23H26FN3O.C4H4O4/c24-19-7-8-20-22(16-19)28-25-23(20)18-9-12-26(13-10-18)14-15-27-11-3-5-17-4-1-2-6-21(17)27;5-3(6)1-2-4(7)8/h1-2,4,6-8,16,18H,3,5,9-15H2;1-2H,(H,5,6)(H,7,8)/b;2-1+. The van der Waals surface area contributed by atoms with Crippen molar-refractivity contribution >= 4 is 28.6 Å². The molecule has 0 saturated carbocycles. The molecular weight excluding hydrogens is 465 g/mol. The van der Waals surface area contributed by atoms with Crippen molar-refractivity contribution in [1.29, 1.82) is 0 Å². The number of hydrogen-bond acceptors (Lipinski definition) is 6. The van der Waals surface area contributed by atoms with E-state index < -0.39 is 11.9 Å². The number of carbonyl (C=O) groups is 2. The average molecular weight is 496 g/mol. The van der Waals surface area contributed by atoms with Crippen molar-refractivity contribution in [2.75, 3.05) is 37.6 Å². The van der Waals surface area contributed by atoms with Gasteiger partial charge in [-0.1, -0.05) is 23.4 Å². The Bertz CT molecular complexity index is 1220. The Morgan fingerprint density at radius 3 is 2.47 bits per heavy atom. The van der Waals surface area contributed by atoms with Gasteiger partial charge >= 0.3 is 11.9 Å². The van der Waals surface area contributed by atoms with E-state index in [2.05, 4.69) is 39.2 Å². The van der Waals surface area contributed by atoms with Gasteiger partial charge < -0.3 is 24.5 Å². The maximum atomic E-state index is 13.4. The summed E-state index contributed by atoms with van der Waals surface area (Å²) in [7, 11) is 0. The number of carboxylic acids is 2. The van der Waals surface area contributed by atoms with Crippen LogP contribution in [0.15, 0.2) is 59.1 Å². The molecule has 1 fully saturated rings. The molecule has 2 aliphatic rings. The molecule has 1 saturated heterocycles. The molecule has 190 valence electrons. The number of carboxylic acid groups (broad SMARTS) is 2. The average Bonchev–Trinajstić information content (AvgIpc) is 3.30. The fraction of sp³-hybridized carbons (Fsp3) is 0.370. The SMILES string of the molecule is Fc1ccc2c(C3CCN(CCN4CCCc5ccccc54)CC3)noc2c1.O=C(O)/C=C/C(=O)O. The van der Waals surface area contributed by atoms with Gasteiger partial charge in [-0.2, -0.15) is 0 Å². The molecule has 2 aliphatic heterocycles. The van der Waals surface area contributed by atoms with E-state index in [0.29, 0.717) is 23.7 Å². The van der Waals surface area contributed by atoms with Gasteiger partial charge in [0.2, 0.25) is 0 Å². The number of aryl methyl sites for hydroxylation is 1. The number of likely N-dealkylation sites (tertiary alicyclic amines) is 1. The minimum absolute atomic E-state index is 0.274. The molecule has 0 radical (unpaired) electrons. The first kappa shape index (κ1) is 25.4. The van der Waals surface area contributed by atoms with Crippen LogP contribution in [0.1, 0.15) is 36.4 Å². The zero-order valence-corrected chi connectivity index (χ0v) is 20.0. The van der Waals surface area contributed by atoms with Gasteiger partial charge in [0, 0.05) is 54.8 Å². The van der Waals surface area contributed by atoms with E-state index >= 15 is 0 Å². The Balaban J connectivity index is 0.000000331. The molecule has 36 heavy (non-hydrogen) atoms. The third-order valence-electron chi connectivity index (χ3n) is 6.70. The van der Waals surface area contributed by atoms with Gasteiger partial charge in [0.05, 0.1) is 5.69 Å². The number of aromatic nitrogens is 1. The largest absolute Gasteiger partial charge is 0.478 e. The van der Waals surface area contributed by atoms with Crippen molar-refractivity contribution in [2.45, 2.75) is 31.6 Å². The zero-order chi connectivity index (χ0) is 25.5. The van der Waals surface area contributed by atoms with Gasteiger partial charge in [-0.25, -0.2) is 14.0 Å². The minimum atomic E-state index is -1.26. The molecule has 0 aliphatic carbocycles. The number of aliphatic carboxylic acids is 2. The molecule has 2 N–H and O–H groups in total. The minimum Gasteiger partial charge on any atom is -0.478 e. The van der Waals surface area contributed by atoms with Gasteiger partial charge in [0.25, 0.3) is 0 Å². The Kier molecular flexibility index (Phi) is 8.32. The Morgan fingerprint density at radius 1 is 1.03 bits per heavy atom. The molecule has 3 aromatic rings. The molecule has 1 aromatic heterocycles. The Hall–Kier alpha value is -3.72. The molecule has 0 spiro atoms. The van der Waals surface area contributed by atoms with Gasteiger partial charge in [-0.15, -0.1) is 0 Å². The van der Waals surface area contributed by atoms with E-state index in [-0.39, 0.29) is 5.82 Å². The second-order valence-corrected chi connectivity index (χ2v) is 9.05. The smallest absolute Gasteiger partial charge is 0.328 e. The predicted molar refractivity (Wildman–Crippen MR) is 134 cm³/mol. The number of anilines is 1. The predicted octanol–water partition coefficient (Wildman–Crippen LogP) is 4.31. The number of hydrogen-bond donors (Lipinski definition) is 2. The number of benzene rings is 2. The lowest BCUT2D eigenvalue weighted by atomic mass is 9.91. The summed E-state index contributed by atoms with van der Waals surface area (Å²) in [5, 5.41) is 20.8. The van der Waals surface area contributed by atoms with Gasteiger partial charge in [-0.05, 0) is 62.5 Å². The van der Waals surface area contributed by atoms with E-state index in [0.717, 1.165) is 56.6 Å². The van der Waals surface area contributed by atoms with Gasteiger partial charge in [0.1, 0.15) is 5.82 Å². The van der Waals surface area contributed by atoms with Crippen LogP contribution >= 0.6 is 0 Å². The Labute approximate surface area is 208 Å². The highest BCUT2D eigenvalue weighted by molar-refractivity contribution is 5.89. The van der Waals surface area contributed by atoms with Crippen molar-refractivity contribution in [3.05, 3.63) is 71.7 Å². The quantitative estimate of drug-likeness (QED) is 0.487. The Morgan fingerprint density at radius 2 is 1.75 bits per heavy atom. The third kappa shape index (κ3) is 6.48. The van der Waals surface area contributed by atoms with E-state index in [9.17, 15) is 14.0 Å². The molecule has 0 unspecified atom stereocenters. The molecule has 0 amide bonds. The summed E-state index contributed by atoms with van der Waals surface area (Å²) in [6.45, 7) is 5.51. The normalized spacial score (nSPS) is 16.5. The van der Waals surface area contributed by atoms with Crippen LogP contribution in [0.3, 0.4) is 0 Å². The van der Waals surface area contributed by atoms with Gasteiger partial charge in [-0.3, -0.25) is 0 Å². The zero-order valence-electron chi connectivity index (χ0n) is 20.0. The monoisotopic (exact) mass is 495 g/mol. The lowest BCUT2D eigenvalue weighted by molar-refractivity contribution is -0.134. The molecule has 3 heterocycles. The van der Waals surface area contributed by atoms with Crippen LogP contribution in [0, 0.1) is 5.82 Å². The molecule has 0 atom stereocenters. The molecule has 5 rings (SSSR count). The van der Waals surface area contributed by atoms with Crippen molar-refractivity contribution in [3.63, 3.8) is 0 Å². The maximum absolute atomic E-state index is 13.4. The third-order valence-corrected chi connectivity index (χ3v) is 6.70. The number of halogens is 1. The maximum Gasteiger partial charge on any atom is 0.328 e. The van der Waals surface area contributed by atoms with Crippen LogP contribution in [0.5, 0.6) is 0 Å². The van der Waals surface area contributed by atoms with E-state index in [4.69, 9.17) is 14.7 Å². The molecule has 0 bridgehead atoms. The van der Waals surface area contributed by atoms with Crippen LogP contribution in [-0.4, -0.2) is 64.9 Å². The summed E-state index contributed by atoms with van der Waals surface area (Å²) in [6.07, 6.45) is 5.72. The van der Waals surface area contributed by atoms with Crippen LogP contribution in [0.4, 0.5) is 10.1 Å². The fourth-order valence-electron chi connectivity index (χ4n) is 4.90. The second-order valence-electron chi connectivity index (χ2n) is 9.05. The second kappa shape index (κ2) is 11.8. The van der Waals surface area contributed by atoms with E-state index in [1.807, 2.05) is 0 Å². The topological polar surface area (TPSA) is 107 Å². The van der Waals surface area contributed by atoms with E-state index in [1.54, 1.807) is 6.07 Å². The molecule has 9 heteroatoms. The summed E-state index contributed by atoms with van der Waals surface area (Å²) < 4.78 is 18.7. The highest BCUT2D eigenvalue weighted by Crippen LogP contribution is 2.33. The number of rotatable bonds is 6. The van der Waals surface area contributed by atoms with Crippen molar-refractivity contribution in [3.8, 4) is 0 Å². The first-order valence-corrected chi connectivity index (χ1v) is 12.1.